The number of nitrogens with zero attached hydrogens (tertiary/aromatic N) is 2. The molecule has 0 radical (unpaired) electrons. The van der Waals surface area contributed by atoms with E-state index in [-0.39, 0.29) is 17.2 Å². The molecule has 2 amide bonds. The van der Waals surface area contributed by atoms with Gasteiger partial charge in [0.25, 0.3) is 5.56 Å². The number of methoxy groups -OCH3 is 2. The van der Waals surface area contributed by atoms with E-state index in [0.717, 1.165) is 16.8 Å². The van der Waals surface area contributed by atoms with Crippen molar-refractivity contribution in [2.75, 3.05) is 20.8 Å². The highest BCUT2D eigenvalue weighted by atomic mass is 16.5. The van der Waals surface area contributed by atoms with Crippen molar-refractivity contribution in [2.24, 2.45) is 0 Å². The van der Waals surface area contributed by atoms with Gasteiger partial charge in [0.05, 0.1) is 14.2 Å². The molecule has 2 heterocycles. The first-order valence-electron chi connectivity index (χ1n) is 8.44. The molecule has 0 spiro atoms. The van der Waals surface area contributed by atoms with Crippen LogP contribution in [0.25, 0.3) is 0 Å². The summed E-state index contributed by atoms with van der Waals surface area (Å²) in [6.07, 6.45) is 0.542. The Morgan fingerprint density at radius 1 is 1.30 bits per heavy atom. The van der Waals surface area contributed by atoms with Crippen LogP contribution in [0.3, 0.4) is 0 Å². The Kier molecular flexibility index (Phi) is 5.31. The van der Waals surface area contributed by atoms with Gasteiger partial charge in [-0.25, -0.2) is 4.79 Å². The highest BCUT2D eigenvalue weighted by molar-refractivity contribution is 5.74. The van der Waals surface area contributed by atoms with E-state index in [4.69, 9.17) is 14.7 Å². The summed E-state index contributed by atoms with van der Waals surface area (Å²) >= 11 is 0. The molecule has 140 valence electrons. The summed E-state index contributed by atoms with van der Waals surface area (Å²) in [5, 5.41) is 11.9. The first-order chi connectivity index (χ1) is 13.0. The summed E-state index contributed by atoms with van der Waals surface area (Å²) in [7, 11) is 3.13. The predicted octanol–water partition coefficient (Wildman–Crippen LogP) is 1.53. The fourth-order valence-corrected chi connectivity index (χ4v) is 3.04. The minimum absolute atomic E-state index is 0.0568. The number of H-pyrrole nitrogens is 1. The molecular formula is C19H20N4O4. The second kappa shape index (κ2) is 7.83. The molecule has 1 aromatic heterocycles. The van der Waals surface area contributed by atoms with Gasteiger partial charge in [0.2, 0.25) is 0 Å². The second-order valence-electron chi connectivity index (χ2n) is 6.15. The van der Waals surface area contributed by atoms with Crippen molar-refractivity contribution < 1.29 is 14.3 Å². The number of benzene rings is 1. The molecule has 0 atom stereocenters. The van der Waals surface area contributed by atoms with Crippen LogP contribution in [0.1, 0.15) is 22.4 Å². The number of aromatic nitrogens is 1. The summed E-state index contributed by atoms with van der Waals surface area (Å²) in [5.74, 6) is 1.23. The number of fused-ring (bicyclic) bond motifs is 1. The number of carbonyl (C=O) groups excluding carboxylic acids is 1. The molecule has 2 N–H and O–H groups in total. The van der Waals surface area contributed by atoms with Crippen LogP contribution in [0.2, 0.25) is 0 Å². The summed E-state index contributed by atoms with van der Waals surface area (Å²) in [6, 6.07) is 8.68. The molecule has 3 rings (SSSR count). The molecule has 8 nitrogen and oxygen atoms in total. The van der Waals surface area contributed by atoms with E-state index in [9.17, 15) is 9.59 Å². The zero-order chi connectivity index (χ0) is 19.4. The predicted molar refractivity (Wildman–Crippen MR) is 97.7 cm³/mol. The number of rotatable bonds is 4. The lowest BCUT2D eigenvalue weighted by atomic mass is 10.0. The summed E-state index contributed by atoms with van der Waals surface area (Å²) in [5.41, 5.74) is 2.13. The van der Waals surface area contributed by atoms with Crippen LogP contribution in [0.15, 0.2) is 29.1 Å². The van der Waals surface area contributed by atoms with Crippen molar-refractivity contribution in [1.82, 2.24) is 15.2 Å². The average Bonchev–Trinajstić information content (AvgIpc) is 2.70. The number of ether oxygens (including phenoxy) is 2. The number of hydrogen-bond donors (Lipinski definition) is 2. The van der Waals surface area contributed by atoms with Gasteiger partial charge < -0.3 is 24.7 Å². The van der Waals surface area contributed by atoms with E-state index in [1.807, 2.05) is 18.2 Å². The molecule has 8 heteroatoms. The molecule has 0 aliphatic carbocycles. The Bertz CT molecular complexity index is 961. The van der Waals surface area contributed by atoms with Gasteiger partial charge in [0.15, 0.2) is 11.5 Å². The fraction of sp³-hybridized carbons (Fsp3) is 0.316. The zero-order valence-electron chi connectivity index (χ0n) is 15.2. The topological polar surface area (TPSA) is 107 Å². The van der Waals surface area contributed by atoms with Gasteiger partial charge in [-0.05, 0) is 29.3 Å². The van der Waals surface area contributed by atoms with E-state index in [2.05, 4.69) is 10.3 Å². The van der Waals surface area contributed by atoms with Crippen LogP contribution in [-0.4, -0.2) is 36.7 Å². The number of aromatic amines is 1. The minimum Gasteiger partial charge on any atom is -0.493 e. The number of nitriles is 1. The molecule has 0 saturated heterocycles. The number of nitrogens with one attached hydrogen (secondary N) is 2. The number of carbonyl (C=O) groups is 1. The van der Waals surface area contributed by atoms with Gasteiger partial charge >= 0.3 is 6.03 Å². The number of amides is 2. The van der Waals surface area contributed by atoms with Crippen LogP contribution < -0.4 is 20.3 Å². The molecule has 2 aromatic rings. The van der Waals surface area contributed by atoms with Gasteiger partial charge in [-0.15, -0.1) is 0 Å². The number of pyridine rings is 1. The quantitative estimate of drug-likeness (QED) is 0.851. The maximum absolute atomic E-state index is 12.5. The van der Waals surface area contributed by atoms with Gasteiger partial charge in [-0.1, -0.05) is 6.07 Å². The molecule has 1 aliphatic heterocycles. The van der Waals surface area contributed by atoms with Gasteiger partial charge in [-0.2, -0.15) is 5.26 Å². The van der Waals surface area contributed by atoms with Crippen molar-refractivity contribution >= 4 is 6.03 Å². The van der Waals surface area contributed by atoms with Gasteiger partial charge in [0.1, 0.15) is 11.6 Å². The van der Waals surface area contributed by atoms with Crippen molar-refractivity contribution in [3.05, 3.63) is 57.0 Å². The largest absolute Gasteiger partial charge is 0.493 e. The average molecular weight is 368 g/mol. The molecule has 1 aliphatic rings. The van der Waals surface area contributed by atoms with Crippen molar-refractivity contribution in [3.8, 4) is 17.6 Å². The summed E-state index contributed by atoms with van der Waals surface area (Å²) in [6.45, 7) is 1.18. The normalized spacial score (nSPS) is 12.7. The first-order valence-corrected chi connectivity index (χ1v) is 8.44. The van der Waals surface area contributed by atoms with Gasteiger partial charge in [0, 0.05) is 31.7 Å². The maximum atomic E-state index is 12.5. The fourth-order valence-electron chi connectivity index (χ4n) is 3.04. The standard InChI is InChI=1S/C19H20N4O4/c1-26-16-4-3-12(7-17(16)27-2)10-21-19(25)23-6-5-15-14(11-23)8-13(9-20)18(24)22-15/h3-4,7-8H,5-6,10-11H2,1-2H3,(H,21,25)(H,22,24). The third-order valence-corrected chi connectivity index (χ3v) is 4.51. The summed E-state index contributed by atoms with van der Waals surface area (Å²) < 4.78 is 10.5. The van der Waals surface area contributed by atoms with E-state index in [1.165, 1.54) is 0 Å². The minimum atomic E-state index is -0.386. The van der Waals surface area contributed by atoms with Crippen LogP contribution in [-0.2, 0) is 19.5 Å². The molecule has 0 bridgehead atoms. The highest BCUT2D eigenvalue weighted by Crippen LogP contribution is 2.27. The Morgan fingerprint density at radius 2 is 2.07 bits per heavy atom. The zero-order valence-corrected chi connectivity index (χ0v) is 15.2. The van der Waals surface area contributed by atoms with E-state index in [0.29, 0.717) is 37.6 Å². The molecule has 0 fully saturated rings. The third kappa shape index (κ3) is 3.87. The van der Waals surface area contributed by atoms with Crippen LogP contribution in [0.4, 0.5) is 4.79 Å². The van der Waals surface area contributed by atoms with E-state index >= 15 is 0 Å². The van der Waals surface area contributed by atoms with Crippen LogP contribution >= 0.6 is 0 Å². The Labute approximate surface area is 156 Å². The number of urea groups is 1. The summed E-state index contributed by atoms with van der Waals surface area (Å²) in [4.78, 5) is 28.6. The Hall–Kier alpha value is -3.47. The van der Waals surface area contributed by atoms with Crippen LogP contribution in [0.5, 0.6) is 11.5 Å². The van der Waals surface area contributed by atoms with Crippen molar-refractivity contribution in [2.45, 2.75) is 19.5 Å². The van der Waals surface area contributed by atoms with E-state index in [1.54, 1.807) is 31.3 Å². The lowest BCUT2D eigenvalue weighted by Gasteiger charge is -2.28. The second-order valence-corrected chi connectivity index (χ2v) is 6.15. The maximum Gasteiger partial charge on any atom is 0.317 e. The molecule has 0 saturated carbocycles. The third-order valence-electron chi connectivity index (χ3n) is 4.51. The Morgan fingerprint density at radius 3 is 2.78 bits per heavy atom. The molecule has 0 unspecified atom stereocenters. The highest BCUT2D eigenvalue weighted by Gasteiger charge is 2.22. The first kappa shape index (κ1) is 18.3. The lowest BCUT2D eigenvalue weighted by molar-refractivity contribution is 0.191. The molecule has 27 heavy (non-hydrogen) atoms. The lowest BCUT2D eigenvalue weighted by Crippen LogP contribution is -2.43. The van der Waals surface area contributed by atoms with Crippen LogP contribution in [0, 0.1) is 11.3 Å². The van der Waals surface area contributed by atoms with Gasteiger partial charge in [-0.3, -0.25) is 4.79 Å². The smallest absolute Gasteiger partial charge is 0.317 e. The number of hydrogen-bond acceptors (Lipinski definition) is 5. The Balaban J connectivity index is 1.66. The van der Waals surface area contributed by atoms with E-state index < -0.39 is 0 Å². The van der Waals surface area contributed by atoms with Crippen molar-refractivity contribution in [1.29, 1.82) is 5.26 Å². The SMILES string of the molecule is COc1ccc(CNC(=O)N2CCc3[nH]c(=O)c(C#N)cc3C2)cc1OC. The molecule has 1 aromatic carbocycles. The van der Waals surface area contributed by atoms with Crippen molar-refractivity contribution in [3.63, 3.8) is 0 Å². The monoisotopic (exact) mass is 368 g/mol. The molecular weight excluding hydrogens is 348 g/mol.